The fraction of sp³-hybridized carbons (Fsp3) is 0.467. The number of fused-ring (bicyclic) bond motifs is 1. The van der Waals surface area contributed by atoms with Crippen molar-refractivity contribution in [3.05, 3.63) is 29.6 Å². The first kappa shape index (κ1) is 14.1. The molecule has 3 rings (SSSR count). The summed E-state index contributed by atoms with van der Waals surface area (Å²) in [5.74, 6) is 2.90. The van der Waals surface area contributed by atoms with E-state index in [0.29, 0.717) is 25.7 Å². The van der Waals surface area contributed by atoms with Gasteiger partial charge in [-0.2, -0.15) is 4.37 Å². The van der Waals surface area contributed by atoms with Gasteiger partial charge >= 0.3 is 0 Å². The second kappa shape index (κ2) is 6.30. The van der Waals surface area contributed by atoms with Crippen LogP contribution in [-0.2, 0) is 6.54 Å². The molecule has 2 heterocycles. The maximum Gasteiger partial charge on any atom is 0.202 e. The number of benzene rings is 1. The molecule has 0 atom stereocenters. The summed E-state index contributed by atoms with van der Waals surface area (Å²) in [5, 5.41) is 4.15. The minimum absolute atomic E-state index is 0.349. The Balaban J connectivity index is 1.72. The molecule has 2 aromatic rings. The molecule has 0 amide bonds. The van der Waals surface area contributed by atoms with E-state index in [9.17, 15) is 0 Å². The molecule has 0 fully saturated rings. The molecule has 1 aromatic carbocycles. The highest BCUT2D eigenvalue weighted by atomic mass is 32.1. The first-order valence-electron chi connectivity index (χ1n) is 7.19. The molecule has 112 valence electrons. The van der Waals surface area contributed by atoms with Crippen LogP contribution >= 0.6 is 11.5 Å². The molecule has 0 saturated heterocycles. The molecule has 1 aliphatic rings. The molecule has 0 spiro atoms. The SMILES string of the molecule is CC(C)c1nsc(NCc2cccc3c2OCCCO3)n1. The lowest BCUT2D eigenvalue weighted by Crippen LogP contribution is -2.03. The van der Waals surface area contributed by atoms with Crippen molar-refractivity contribution in [2.75, 3.05) is 18.5 Å². The maximum atomic E-state index is 5.81. The van der Waals surface area contributed by atoms with E-state index in [4.69, 9.17) is 9.47 Å². The number of aromatic nitrogens is 2. The van der Waals surface area contributed by atoms with Crippen molar-refractivity contribution in [3.8, 4) is 11.5 Å². The van der Waals surface area contributed by atoms with E-state index in [0.717, 1.165) is 34.4 Å². The summed E-state index contributed by atoms with van der Waals surface area (Å²) < 4.78 is 15.9. The predicted molar refractivity (Wildman–Crippen MR) is 83.4 cm³/mol. The van der Waals surface area contributed by atoms with E-state index in [-0.39, 0.29) is 0 Å². The summed E-state index contributed by atoms with van der Waals surface area (Å²) in [7, 11) is 0. The lowest BCUT2D eigenvalue weighted by Gasteiger charge is -2.12. The quantitative estimate of drug-likeness (QED) is 0.938. The molecule has 0 radical (unpaired) electrons. The number of rotatable bonds is 4. The average molecular weight is 305 g/mol. The standard InChI is InChI=1S/C15H19N3O2S/c1-10(2)14-17-15(21-18-14)16-9-11-5-3-6-12-13(11)20-8-4-7-19-12/h3,5-6,10H,4,7-9H2,1-2H3,(H,16,17,18). The van der Waals surface area contributed by atoms with Gasteiger partial charge in [0.2, 0.25) is 5.13 Å². The number of para-hydroxylation sites is 1. The number of nitrogens with one attached hydrogen (secondary N) is 1. The van der Waals surface area contributed by atoms with Gasteiger partial charge < -0.3 is 14.8 Å². The summed E-state index contributed by atoms with van der Waals surface area (Å²) >= 11 is 1.39. The Labute approximate surface area is 128 Å². The van der Waals surface area contributed by atoms with Crippen LogP contribution in [0.1, 0.15) is 37.6 Å². The molecule has 1 aromatic heterocycles. The minimum atomic E-state index is 0.349. The molecule has 6 heteroatoms. The first-order valence-corrected chi connectivity index (χ1v) is 7.96. The van der Waals surface area contributed by atoms with Crippen LogP contribution in [0, 0.1) is 0 Å². The Hall–Kier alpha value is -1.82. The van der Waals surface area contributed by atoms with Crippen molar-refractivity contribution in [2.45, 2.75) is 32.7 Å². The Morgan fingerprint density at radius 2 is 2.14 bits per heavy atom. The van der Waals surface area contributed by atoms with E-state index in [1.54, 1.807) is 0 Å². The van der Waals surface area contributed by atoms with Crippen molar-refractivity contribution in [1.29, 1.82) is 0 Å². The van der Waals surface area contributed by atoms with Crippen LogP contribution in [0.2, 0.25) is 0 Å². The van der Waals surface area contributed by atoms with Crippen molar-refractivity contribution in [1.82, 2.24) is 9.36 Å². The molecule has 21 heavy (non-hydrogen) atoms. The Morgan fingerprint density at radius 1 is 1.29 bits per heavy atom. The third-order valence-corrected chi connectivity index (χ3v) is 3.93. The van der Waals surface area contributed by atoms with Crippen molar-refractivity contribution in [2.24, 2.45) is 0 Å². The van der Waals surface area contributed by atoms with E-state index >= 15 is 0 Å². The van der Waals surface area contributed by atoms with Crippen LogP contribution < -0.4 is 14.8 Å². The monoisotopic (exact) mass is 305 g/mol. The zero-order valence-electron chi connectivity index (χ0n) is 12.3. The molecule has 5 nitrogen and oxygen atoms in total. The van der Waals surface area contributed by atoms with Gasteiger partial charge in [-0.1, -0.05) is 26.0 Å². The van der Waals surface area contributed by atoms with E-state index < -0.39 is 0 Å². The number of hydrogen-bond donors (Lipinski definition) is 1. The second-order valence-electron chi connectivity index (χ2n) is 5.26. The first-order chi connectivity index (χ1) is 10.2. The van der Waals surface area contributed by atoms with Gasteiger partial charge in [0.1, 0.15) is 5.82 Å². The van der Waals surface area contributed by atoms with E-state index in [1.807, 2.05) is 18.2 Å². The summed E-state index contributed by atoms with van der Waals surface area (Å²) in [6, 6.07) is 5.99. The van der Waals surface area contributed by atoms with Crippen LogP contribution in [0.25, 0.3) is 0 Å². The van der Waals surface area contributed by atoms with Crippen LogP contribution in [0.15, 0.2) is 18.2 Å². The molecular formula is C15H19N3O2S. The highest BCUT2D eigenvalue weighted by Gasteiger charge is 2.15. The molecular weight excluding hydrogens is 286 g/mol. The molecule has 1 N–H and O–H groups in total. The predicted octanol–water partition coefficient (Wildman–Crippen LogP) is 3.43. The third-order valence-electron chi connectivity index (χ3n) is 3.24. The highest BCUT2D eigenvalue weighted by Crippen LogP contribution is 2.33. The van der Waals surface area contributed by atoms with Gasteiger partial charge in [-0.3, -0.25) is 0 Å². The lowest BCUT2D eigenvalue weighted by molar-refractivity contribution is 0.296. The lowest BCUT2D eigenvalue weighted by atomic mass is 10.2. The van der Waals surface area contributed by atoms with E-state index in [1.165, 1.54) is 11.5 Å². The Morgan fingerprint density at radius 3 is 2.95 bits per heavy atom. The van der Waals surface area contributed by atoms with Gasteiger partial charge in [-0.15, -0.1) is 0 Å². The van der Waals surface area contributed by atoms with Gasteiger partial charge in [0.05, 0.1) is 13.2 Å². The smallest absolute Gasteiger partial charge is 0.202 e. The molecule has 0 saturated carbocycles. The van der Waals surface area contributed by atoms with Gasteiger partial charge in [-0.05, 0) is 6.07 Å². The third kappa shape index (κ3) is 3.26. The zero-order valence-corrected chi connectivity index (χ0v) is 13.1. The second-order valence-corrected chi connectivity index (χ2v) is 6.01. The molecule has 0 aliphatic carbocycles. The number of nitrogens with zero attached hydrogens (tertiary/aromatic N) is 2. The fourth-order valence-electron chi connectivity index (χ4n) is 2.11. The maximum absolute atomic E-state index is 5.81. The zero-order chi connectivity index (χ0) is 14.7. The molecule has 0 bridgehead atoms. The highest BCUT2D eigenvalue weighted by molar-refractivity contribution is 7.09. The summed E-state index contributed by atoms with van der Waals surface area (Å²) in [4.78, 5) is 4.48. The van der Waals surface area contributed by atoms with Crippen molar-refractivity contribution < 1.29 is 9.47 Å². The van der Waals surface area contributed by atoms with Crippen molar-refractivity contribution in [3.63, 3.8) is 0 Å². The number of anilines is 1. The van der Waals surface area contributed by atoms with E-state index in [2.05, 4.69) is 28.5 Å². The number of ether oxygens (including phenoxy) is 2. The van der Waals surface area contributed by atoms with Crippen LogP contribution in [0.4, 0.5) is 5.13 Å². The topological polar surface area (TPSA) is 56.3 Å². The minimum Gasteiger partial charge on any atom is -0.490 e. The average Bonchev–Trinajstić information content (AvgIpc) is 2.82. The summed E-state index contributed by atoms with van der Waals surface area (Å²) in [5.41, 5.74) is 1.08. The van der Waals surface area contributed by atoms with Gasteiger partial charge in [0.25, 0.3) is 0 Å². The van der Waals surface area contributed by atoms with Crippen LogP contribution in [0.5, 0.6) is 11.5 Å². The number of hydrogen-bond acceptors (Lipinski definition) is 6. The van der Waals surface area contributed by atoms with Crippen molar-refractivity contribution >= 4 is 16.7 Å². The summed E-state index contributed by atoms with van der Waals surface area (Å²) in [6.07, 6.45) is 0.912. The Bertz CT molecular complexity index is 613. The van der Waals surface area contributed by atoms with Crippen LogP contribution in [-0.4, -0.2) is 22.6 Å². The van der Waals surface area contributed by atoms with Gasteiger partial charge in [0.15, 0.2) is 11.5 Å². The van der Waals surface area contributed by atoms with Crippen LogP contribution in [0.3, 0.4) is 0 Å². The largest absolute Gasteiger partial charge is 0.490 e. The Kier molecular flexibility index (Phi) is 4.24. The van der Waals surface area contributed by atoms with Gasteiger partial charge in [0, 0.05) is 36.0 Å². The van der Waals surface area contributed by atoms with Gasteiger partial charge in [-0.25, -0.2) is 4.98 Å². The normalized spacial score (nSPS) is 14.0. The summed E-state index contributed by atoms with van der Waals surface area (Å²) in [6.45, 7) is 6.24. The molecule has 0 unspecified atom stereocenters. The fourth-order valence-corrected chi connectivity index (χ4v) is 2.81. The molecule has 1 aliphatic heterocycles.